The van der Waals surface area contributed by atoms with E-state index in [2.05, 4.69) is 22.1 Å². The highest BCUT2D eigenvalue weighted by atomic mass is 16.1. The van der Waals surface area contributed by atoms with Crippen molar-refractivity contribution in [3.63, 3.8) is 0 Å². The number of rotatable bonds is 3. The lowest BCUT2D eigenvalue weighted by Gasteiger charge is -2.14. The minimum Gasteiger partial charge on any atom is -0.346 e. The summed E-state index contributed by atoms with van der Waals surface area (Å²) >= 11 is 0. The molecule has 0 radical (unpaired) electrons. The molecule has 3 N–H and O–H groups in total. The summed E-state index contributed by atoms with van der Waals surface area (Å²) in [5.74, 6) is 5.57. The zero-order chi connectivity index (χ0) is 15.1. The molecule has 21 heavy (non-hydrogen) atoms. The second kappa shape index (κ2) is 7.22. The predicted molar refractivity (Wildman–Crippen MR) is 82.5 cm³/mol. The largest absolute Gasteiger partial charge is 0.346 e. The van der Waals surface area contributed by atoms with Gasteiger partial charge in [0.25, 0.3) is 5.91 Å². The first-order valence-corrected chi connectivity index (χ1v) is 6.70. The smallest absolute Gasteiger partial charge is 0.251 e. The SMILES string of the molecule is CC(NC(=O)c1cccc(C#CCN)c1)c1ccncc1. The van der Waals surface area contributed by atoms with Crippen LogP contribution in [0.2, 0.25) is 0 Å². The quantitative estimate of drug-likeness (QED) is 0.843. The number of hydrogen-bond donors (Lipinski definition) is 2. The molecule has 2 aromatic rings. The summed E-state index contributed by atoms with van der Waals surface area (Å²) in [5.41, 5.74) is 7.72. The minimum atomic E-state index is -0.129. The molecule has 1 aromatic carbocycles. The highest BCUT2D eigenvalue weighted by Gasteiger charge is 2.11. The number of nitrogens with two attached hydrogens (primary N) is 1. The number of hydrogen-bond acceptors (Lipinski definition) is 3. The Kier molecular flexibility index (Phi) is 5.08. The van der Waals surface area contributed by atoms with Crippen molar-refractivity contribution in [3.05, 3.63) is 65.5 Å². The summed E-state index contributed by atoms with van der Waals surface area (Å²) < 4.78 is 0. The van der Waals surface area contributed by atoms with Gasteiger partial charge in [0, 0.05) is 23.5 Å². The summed E-state index contributed by atoms with van der Waals surface area (Å²) in [4.78, 5) is 16.2. The van der Waals surface area contributed by atoms with E-state index in [1.165, 1.54) is 0 Å². The predicted octanol–water partition coefficient (Wildman–Crippen LogP) is 1.88. The van der Waals surface area contributed by atoms with Gasteiger partial charge in [-0.1, -0.05) is 17.9 Å². The summed E-state index contributed by atoms with van der Waals surface area (Å²) in [5, 5.41) is 2.96. The first kappa shape index (κ1) is 14.8. The molecular formula is C17H17N3O. The molecule has 1 atom stereocenters. The van der Waals surface area contributed by atoms with Crippen molar-refractivity contribution in [2.75, 3.05) is 6.54 Å². The van der Waals surface area contributed by atoms with Crippen LogP contribution < -0.4 is 11.1 Å². The lowest BCUT2D eigenvalue weighted by Crippen LogP contribution is -2.26. The molecule has 1 aromatic heterocycles. The molecule has 0 saturated carbocycles. The van der Waals surface area contributed by atoms with Crippen molar-refractivity contribution < 1.29 is 4.79 Å². The van der Waals surface area contributed by atoms with Crippen LogP contribution in [-0.2, 0) is 0 Å². The Labute approximate surface area is 124 Å². The van der Waals surface area contributed by atoms with E-state index in [0.29, 0.717) is 12.1 Å². The van der Waals surface area contributed by atoms with Gasteiger partial charge in [-0.25, -0.2) is 0 Å². The Bertz CT molecular complexity index is 671. The number of aromatic nitrogens is 1. The molecule has 0 spiro atoms. The standard InChI is InChI=1S/C17H17N3O/c1-13(15-7-10-19-11-8-15)20-17(21)16-6-2-4-14(12-16)5-3-9-18/h2,4,6-8,10-13H,9,18H2,1H3,(H,20,21). The van der Waals surface area contributed by atoms with E-state index in [1.807, 2.05) is 31.2 Å². The Morgan fingerprint density at radius 3 is 2.81 bits per heavy atom. The second-order valence-electron chi connectivity index (χ2n) is 4.56. The third-order valence-corrected chi connectivity index (χ3v) is 3.01. The van der Waals surface area contributed by atoms with Gasteiger partial charge in [-0.3, -0.25) is 9.78 Å². The summed E-state index contributed by atoms with van der Waals surface area (Å²) in [6, 6.07) is 10.9. The zero-order valence-electron chi connectivity index (χ0n) is 11.8. The normalized spacial score (nSPS) is 11.1. The number of amides is 1. The molecule has 0 bridgehead atoms. The van der Waals surface area contributed by atoms with Crippen molar-refractivity contribution in [1.29, 1.82) is 0 Å². The Morgan fingerprint density at radius 1 is 1.33 bits per heavy atom. The molecular weight excluding hydrogens is 262 g/mol. The third kappa shape index (κ3) is 4.16. The maximum absolute atomic E-state index is 12.3. The second-order valence-corrected chi connectivity index (χ2v) is 4.56. The van der Waals surface area contributed by atoms with Gasteiger partial charge in [0.05, 0.1) is 12.6 Å². The molecule has 1 unspecified atom stereocenters. The van der Waals surface area contributed by atoms with Gasteiger partial charge in [0.2, 0.25) is 0 Å². The minimum absolute atomic E-state index is 0.0840. The van der Waals surface area contributed by atoms with Crippen LogP contribution in [0.4, 0.5) is 0 Å². The molecule has 0 aliphatic heterocycles. The van der Waals surface area contributed by atoms with Gasteiger partial charge >= 0.3 is 0 Å². The van der Waals surface area contributed by atoms with Crippen LogP contribution in [0.25, 0.3) is 0 Å². The Hall–Kier alpha value is -2.64. The zero-order valence-corrected chi connectivity index (χ0v) is 11.8. The molecule has 1 heterocycles. The number of carbonyl (C=O) groups excluding carboxylic acids is 1. The van der Waals surface area contributed by atoms with Crippen molar-refractivity contribution in [1.82, 2.24) is 10.3 Å². The molecule has 0 aliphatic carbocycles. The van der Waals surface area contributed by atoms with Crippen molar-refractivity contribution >= 4 is 5.91 Å². The number of carbonyl (C=O) groups is 1. The van der Waals surface area contributed by atoms with E-state index < -0.39 is 0 Å². The molecule has 4 heteroatoms. The fourth-order valence-corrected chi connectivity index (χ4v) is 1.91. The van der Waals surface area contributed by atoms with Crippen LogP contribution >= 0.6 is 0 Å². The molecule has 0 aliphatic rings. The van der Waals surface area contributed by atoms with Gasteiger partial charge in [0.15, 0.2) is 0 Å². The number of nitrogens with zero attached hydrogens (tertiary/aromatic N) is 1. The van der Waals surface area contributed by atoms with E-state index >= 15 is 0 Å². The van der Waals surface area contributed by atoms with E-state index in [1.54, 1.807) is 24.5 Å². The van der Waals surface area contributed by atoms with E-state index in [0.717, 1.165) is 11.1 Å². The van der Waals surface area contributed by atoms with Gasteiger partial charge in [-0.15, -0.1) is 0 Å². The monoisotopic (exact) mass is 279 g/mol. The first-order valence-electron chi connectivity index (χ1n) is 6.70. The average molecular weight is 279 g/mol. The average Bonchev–Trinajstić information content (AvgIpc) is 2.54. The molecule has 1 amide bonds. The summed E-state index contributed by atoms with van der Waals surface area (Å²) in [6.07, 6.45) is 3.42. The lowest BCUT2D eigenvalue weighted by molar-refractivity contribution is 0.0940. The van der Waals surface area contributed by atoms with Gasteiger partial charge in [-0.2, -0.15) is 0 Å². The first-order chi connectivity index (χ1) is 10.2. The molecule has 0 saturated heterocycles. The fraction of sp³-hybridized carbons (Fsp3) is 0.176. The van der Waals surface area contributed by atoms with Crippen LogP contribution in [0, 0.1) is 11.8 Å². The van der Waals surface area contributed by atoms with Crippen LogP contribution in [0.15, 0.2) is 48.8 Å². The maximum Gasteiger partial charge on any atom is 0.251 e. The van der Waals surface area contributed by atoms with Crippen molar-refractivity contribution in [3.8, 4) is 11.8 Å². The van der Waals surface area contributed by atoms with Crippen LogP contribution in [0.5, 0.6) is 0 Å². The number of pyridine rings is 1. The van der Waals surface area contributed by atoms with E-state index in [4.69, 9.17) is 5.73 Å². The van der Waals surface area contributed by atoms with Gasteiger partial charge in [-0.05, 0) is 42.8 Å². The summed E-state index contributed by atoms with van der Waals surface area (Å²) in [7, 11) is 0. The number of nitrogens with one attached hydrogen (secondary N) is 1. The van der Waals surface area contributed by atoms with Crippen LogP contribution in [0.1, 0.15) is 34.5 Å². The van der Waals surface area contributed by atoms with Gasteiger partial charge in [0.1, 0.15) is 0 Å². The Balaban J connectivity index is 2.10. The summed E-state index contributed by atoms with van der Waals surface area (Å²) in [6.45, 7) is 2.24. The van der Waals surface area contributed by atoms with E-state index in [-0.39, 0.29) is 11.9 Å². The highest BCUT2D eigenvalue weighted by molar-refractivity contribution is 5.94. The molecule has 0 fully saturated rings. The highest BCUT2D eigenvalue weighted by Crippen LogP contribution is 2.12. The van der Waals surface area contributed by atoms with Crippen LogP contribution in [-0.4, -0.2) is 17.4 Å². The fourth-order valence-electron chi connectivity index (χ4n) is 1.91. The van der Waals surface area contributed by atoms with E-state index in [9.17, 15) is 4.79 Å². The van der Waals surface area contributed by atoms with Gasteiger partial charge < -0.3 is 11.1 Å². The maximum atomic E-state index is 12.3. The topological polar surface area (TPSA) is 68.0 Å². The molecule has 106 valence electrons. The van der Waals surface area contributed by atoms with Crippen LogP contribution in [0.3, 0.4) is 0 Å². The molecule has 4 nitrogen and oxygen atoms in total. The third-order valence-electron chi connectivity index (χ3n) is 3.01. The Morgan fingerprint density at radius 2 is 2.10 bits per heavy atom. The van der Waals surface area contributed by atoms with Crippen molar-refractivity contribution in [2.45, 2.75) is 13.0 Å². The number of benzene rings is 1. The lowest BCUT2D eigenvalue weighted by atomic mass is 10.1. The molecule has 2 rings (SSSR count). The van der Waals surface area contributed by atoms with Crippen molar-refractivity contribution in [2.24, 2.45) is 5.73 Å².